The predicted octanol–water partition coefficient (Wildman–Crippen LogP) is 13.5. The van der Waals surface area contributed by atoms with Gasteiger partial charge < -0.3 is 0 Å². The van der Waals surface area contributed by atoms with Crippen LogP contribution >= 0.6 is 0 Å². The minimum atomic E-state index is 1.23. The fourth-order valence-corrected chi connectivity index (χ4v) is 7.28. The zero-order valence-corrected chi connectivity index (χ0v) is 26.5. The summed E-state index contributed by atoms with van der Waals surface area (Å²) in [6.07, 6.45) is 0. The van der Waals surface area contributed by atoms with Crippen molar-refractivity contribution in [1.82, 2.24) is 0 Å². The van der Waals surface area contributed by atoms with E-state index < -0.39 is 0 Å². The minimum absolute atomic E-state index is 1.23. The average Bonchev–Trinajstić information content (AvgIpc) is 3.18. The third-order valence-corrected chi connectivity index (χ3v) is 9.68. The molecule has 0 spiro atoms. The van der Waals surface area contributed by atoms with Crippen LogP contribution in [0.25, 0.3) is 88.0 Å². The largest absolute Gasteiger partial charge is 0.0622 e. The number of benzene rings is 9. The second-order valence-electron chi connectivity index (χ2n) is 12.5. The molecule has 0 N–H and O–H groups in total. The predicted molar refractivity (Wildman–Crippen MR) is 206 cm³/mol. The molecule has 0 atom stereocenters. The van der Waals surface area contributed by atoms with Crippen LogP contribution in [0.1, 0.15) is 0 Å². The molecular formula is C48H32. The summed E-state index contributed by atoms with van der Waals surface area (Å²) in [5.41, 5.74) is 12.4. The Balaban J connectivity index is 1.13. The van der Waals surface area contributed by atoms with Gasteiger partial charge in [0.15, 0.2) is 0 Å². The summed E-state index contributed by atoms with van der Waals surface area (Å²) >= 11 is 0. The Morgan fingerprint density at radius 3 is 1.25 bits per heavy atom. The van der Waals surface area contributed by atoms with Crippen LogP contribution < -0.4 is 0 Å². The van der Waals surface area contributed by atoms with E-state index >= 15 is 0 Å². The van der Waals surface area contributed by atoms with Crippen molar-refractivity contribution in [2.75, 3.05) is 0 Å². The van der Waals surface area contributed by atoms with Gasteiger partial charge in [-0.1, -0.05) is 182 Å². The molecule has 9 rings (SSSR count). The molecular weight excluding hydrogens is 577 g/mol. The summed E-state index contributed by atoms with van der Waals surface area (Å²) in [6.45, 7) is 0. The molecule has 0 heteroatoms. The molecule has 0 nitrogen and oxygen atoms in total. The molecule has 0 aliphatic heterocycles. The van der Waals surface area contributed by atoms with Crippen molar-refractivity contribution in [3.63, 3.8) is 0 Å². The zero-order chi connectivity index (χ0) is 31.9. The molecule has 0 fully saturated rings. The maximum Gasteiger partial charge on any atom is -0.00206 e. The first kappa shape index (κ1) is 28.0. The van der Waals surface area contributed by atoms with Gasteiger partial charge in [-0.25, -0.2) is 0 Å². The maximum absolute atomic E-state index is 2.36. The van der Waals surface area contributed by atoms with E-state index in [1.807, 2.05) is 0 Å². The van der Waals surface area contributed by atoms with Gasteiger partial charge >= 0.3 is 0 Å². The number of fused-ring (bicyclic) bond motifs is 4. The van der Waals surface area contributed by atoms with E-state index in [2.05, 4.69) is 194 Å². The smallest absolute Gasteiger partial charge is 0.00206 e. The van der Waals surface area contributed by atoms with Gasteiger partial charge in [0.25, 0.3) is 0 Å². The second-order valence-corrected chi connectivity index (χ2v) is 12.5. The van der Waals surface area contributed by atoms with E-state index in [0.717, 1.165) is 0 Å². The third kappa shape index (κ3) is 4.96. The van der Waals surface area contributed by atoms with E-state index in [-0.39, 0.29) is 0 Å². The summed E-state index contributed by atoms with van der Waals surface area (Å²) in [6, 6.07) is 70.7. The van der Waals surface area contributed by atoms with Crippen molar-refractivity contribution in [2.24, 2.45) is 0 Å². The van der Waals surface area contributed by atoms with Gasteiger partial charge in [0, 0.05) is 0 Å². The zero-order valence-electron chi connectivity index (χ0n) is 26.5. The van der Waals surface area contributed by atoms with Crippen LogP contribution in [0, 0.1) is 0 Å². The average molecular weight is 609 g/mol. The molecule has 0 aromatic heterocycles. The van der Waals surface area contributed by atoms with Crippen LogP contribution in [0.5, 0.6) is 0 Å². The van der Waals surface area contributed by atoms with Gasteiger partial charge in [-0.15, -0.1) is 0 Å². The van der Waals surface area contributed by atoms with Crippen LogP contribution in [0.15, 0.2) is 194 Å². The van der Waals surface area contributed by atoms with Gasteiger partial charge in [0.05, 0.1) is 0 Å². The lowest BCUT2D eigenvalue weighted by Crippen LogP contribution is -1.90. The standard InChI is InChI=1S/C48H32/c1-4-11-33(12-5-1)34-19-21-35(22-20-34)38-25-27-42-39(31-38)23-24-40-32-41(26-28-43(40)42)44-29-30-46(37-15-8-3-9-16-37)48-45(17-10-18-47(44)48)36-13-6-2-7-14-36/h1-32H. The van der Waals surface area contributed by atoms with Gasteiger partial charge in [0.1, 0.15) is 0 Å². The molecule has 0 amide bonds. The van der Waals surface area contributed by atoms with Gasteiger partial charge in [-0.05, 0) is 100 Å². The molecule has 9 aromatic carbocycles. The van der Waals surface area contributed by atoms with Crippen LogP contribution in [0.2, 0.25) is 0 Å². The molecule has 0 aliphatic carbocycles. The second kappa shape index (κ2) is 11.8. The molecule has 0 saturated heterocycles. The van der Waals surface area contributed by atoms with Gasteiger partial charge in [-0.2, -0.15) is 0 Å². The molecule has 9 aromatic rings. The van der Waals surface area contributed by atoms with E-state index in [1.54, 1.807) is 0 Å². The molecule has 0 unspecified atom stereocenters. The Morgan fingerprint density at radius 2 is 0.646 bits per heavy atom. The van der Waals surface area contributed by atoms with Crippen LogP contribution in [0.4, 0.5) is 0 Å². The van der Waals surface area contributed by atoms with E-state index in [1.165, 1.54) is 88.0 Å². The fraction of sp³-hybridized carbons (Fsp3) is 0. The van der Waals surface area contributed by atoms with Crippen molar-refractivity contribution in [3.05, 3.63) is 194 Å². The number of rotatable bonds is 5. The Labute approximate surface area is 281 Å². The Hall–Kier alpha value is -6.24. The van der Waals surface area contributed by atoms with Crippen LogP contribution in [-0.4, -0.2) is 0 Å². The highest BCUT2D eigenvalue weighted by Gasteiger charge is 2.15. The SMILES string of the molecule is c1ccc(-c2ccc(-c3ccc4c(ccc5cc(-c6ccc(-c7ccccc7)c7c(-c8ccccc8)cccc67)ccc54)c3)cc2)cc1. The van der Waals surface area contributed by atoms with E-state index in [4.69, 9.17) is 0 Å². The number of hydrogen-bond acceptors (Lipinski definition) is 0. The summed E-state index contributed by atoms with van der Waals surface area (Å²) in [5, 5.41) is 7.61. The maximum atomic E-state index is 2.36. The van der Waals surface area contributed by atoms with Crippen molar-refractivity contribution < 1.29 is 0 Å². The van der Waals surface area contributed by atoms with E-state index in [0.29, 0.717) is 0 Å². The summed E-state index contributed by atoms with van der Waals surface area (Å²) in [7, 11) is 0. The summed E-state index contributed by atoms with van der Waals surface area (Å²) in [4.78, 5) is 0. The molecule has 0 aliphatic rings. The van der Waals surface area contributed by atoms with Crippen LogP contribution in [0.3, 0.4) is 0 Å². The van der Waals surface area contributed by atoms with Gasteiger partial charge in [-0.3, -0.25) is 0 Å². The van der Waals surface area contributed by atoms with Crippen molar-refractivity contribution in [3.8, 4) is 55.6 Å². The molecule has 0 saturated carbocycles. The topological polar surface area (TPSA) is 0 Å². The monoisotopic (exact) mass is 608 g/mol. The Morgan fingerprint density at radius 1 is 0.208 bits per heavy atom. The first-order chi connectivity index (χ1) is 23.8. The first-order valence-corrected chi connectivity index (χ1v) is 16.6. The first-order valence-electron chi connectivity index (χ1n) is 16.6. The highest BCUT2D eigenvalue weighted by Crippen LogP contribution is 2.42. The Kier molecular flexibility index (Phi) is 6.91. The number of hydrogen-bond donors (Lipinski definition) is 0. The Bertz CT molecular complexity index is 2520. The lowest BCUT2D eigenvalue weighted by Gasteiger charge is -2.17. The van der Waals surface area contributed by atoms with Crippen molar-refractivity contribution in [2.45, 2.75) is 0 Å². The quantitative estimate of drug-likeness (QED) is 0.171. The van der Waals surface area contributed by atoms with Crippen molar-refractivity contribution in [1.29, 1.82) is 0 Å². The van der Waals surface area contributed by atoms with Crippen molar-refractivity contribution >= 4 is 32.3 Å². The van der Waals surface area contributed by atoms with E-state index in [9.17, 15) is 0 Å². The molecule has 0 heterocycles. The minimum Gasteiger partial charge on any atom is -0.0622 e. The fourth-order valence-electron chi connectivity index (χ4n) is 7.28. The molecule has 48 heavy (non-hydrogen) atoms. The third-order valence-electron chi connectivity index (χ3n) is 9.68. The molecule has 0 bridgehead atoms. The normalized spacial score (nSPS) is 11.3. The summed E-state index contributed by atoms with van der Waals surface area (Å²) < 4.78 is 0. The van der Waals surface area contributed by atoms with Gasteiger partial charge in [0.2, 0.25) is 0 Å². The summed E-state index contributed by atoms with van der Waals surface area (Å²) in [5.74, 6) is 0. The highest BCUT2D eigenvalue weighted by atomic mass is 14.2. The van der Waals surface area contributed by atoms with Crippen LogP contribution in [-0.2, 0) is 0 Å². The highest BCUT2D eigenvalue weighted by molar-refractivity contribution is 6.14. The lowest BCUT2D eigenvalue weighted by molar-refractivity contribution is 1.60. The lowest BCUT2D eigenvalue weighted by atomic mass is 9.87. The molecule has 0 radical (unpaired) electrons. The molecule has 224 valence electrons.